The average molecular weight is 244 g/mol. The van der Waals surface area contributed by atoms with Gasteiger partial charge in [-0.3, -0.25) is 0 Å². The van der Waals surface area contributed by atoms with Crippen molar-refractivity contribution in [2.24, 2.45) is 4.40 Å². The Morgan fingerprint density at radius 3 is 2.56 bits per heavy atom. The molecule has 0 unspecified atom stereocenters. The van der Waals surface area contributed by atoms with Gasteiger partial charge in [0.1, 0.15) is 4.63 Å². The summed E-state index contributed by atoms with van der Waals surface area (Å²) in [6.45, 7) is 7.83. The number of isocyanates is 1. The molecule has 0 bridgehead atoms. The molecule has 0 aromatic heterocycles. The lowest BCUT2D eigenvalue weighted by atomic mass is 10.4. The molecule has 7 nitrogen and oxygen atoms in total. The first-order chi connectivity index (χ1) is 7.51. The van der Waals surface area contributed by atoms with Crippen LogP contribution in [0.3, 0.4) is 0 Å². The van der Waals surface area contributed by atoms with Crippen molar-refractivity contribution in [2.75, 3.05) is 0 Å². The molecular formula is C8H8N2O5S. The van der Waals surface area contributed by atoms with Crippen LogP contribution in [0.1, 0.15) is 6.92 Å². The monoisotopic (exact) mass is 244 g/mol. The molecule has 0 amide bonds. The quantitative estimate of drug-likeness (QED) is 0.225. The Kier molecular flexibility index (Phi) is 6.53. The molecule has 0 saturated heterocycles. The fourth-order valence-electron chi connectivity index (χ4n) is 0.358. The molecular weight excluding hydrogens is 236 g/mol. The maximum atomic E-state index is 11.1. The molecule has 0 fully saturated rings. The van der Waals surface area contributed by atoms with Crippen LogP contribution >= 0.6 is 12.1 Å². The van der Waals surface area contributed by atoms with Crippen LogP contribution < -0.4 is 0 Å². The van der Waals surface area contributed by atoms with Gasteiger partial charge in [-0.25, -0.2) is 14.4 Å². The number of nitrogens with zero attached hydrogens (tertiary/aromatic N) is 2. The van der Waals surface area contributed by atoms with Gasteiger partial charge in [-0.2, -0.15) is 0 Å². The highest BCUT2D eigenvalue weighted by atomic mass is 32.2. The molecule has 0 aliphatic rings. The van der Waals surface area contributed by atoms with Crippen molar-refractivity contribution in [3.63, 3.8) is 0 Å². The van der Waals surface area contributed by atoms with Gasteiger partial charge in [-0.05, 0) is 6.92 Å². The number of hydrogen-bond donors (Lipinski definition) is 0. The Labute approximate surface area is 95.6 Å². The third kappa shape index (κ3) is 5.76. The van der Waals surface area contributed by atoms with Crippen LogP contribution in [-0.4, -0.2) is 22.7 Å². The van der Waals surface area contributed by atoms with Gasteiger partial charge in [-0.15, -0.1) is 4.40 Å². The Morgan fingerprint density at radius 2 is 2.12 bits per heavy atom. The molecule has 0 aromatic carbocycles. The minimum absolute atomic E-state index is 0.0790. The second kappa shape index (κ2) is 7.41. The summed E-state index contributed by atoms with van der Waals surface area (Å²) in [5.74, 6) is -1.73. The summed E-state index contributed by atoms with van der Waals surface area (Å²) >= 11 is 0.271. The lowest BCUT2D eigenvalue weighted by molar-refractivity contribution is -0.259. The average Bonchev–Trinajstić information content (AvgIpc) is 2.25. The Balaban J connectivity index is 4.47. The minimum Gasteiger partial charge on any atom is -0.317 e. The van der Waals surface area contributed by atoms with Crippen molar-refractivity contribution < 1.29 is 24.1 Å². The molecule has 0 aliphatic carbocycles. The maximum Gasteiger partial charge on any atom is 0.356 e. The van der Waals surface area contributed by atoms with E-state index in [1.54, 1.807) is 0 Å². The van der Waals surface area contributed by atoms with E-state index < -0.39 is 11.9 Å². The zero-order chi connectivity index (χ0) is 12.6. The first-order valence-electron chi connectivity index (χ1n) is 3.78. The van der Waals surface area contributed by atoms with Crippen LogP contribution in [0.4, 0.5) is 0 Å². The molecule has 0 rings (SSSR count). The van der Waals surface area contributed by atoms with Crippen molar-refractivity contribution in [2.45, 2.75) is 6.92 Å². The van der Waals surface area contributed by atoms with Gasteiger partial charge < -0.3 is 9.68 Å². The number of carbonyl (C=O) groups excluding carboxylic acids is 3. The van der Waals surface area contributed by atoms with Crippen LogP contribution in [-0.2, 0) is 24.1 Å². The highest BCUT2D eigenvalue weighted by molar-refractivity contribution is 7.95. The molecule has 86 valence electrons. The normalized spacial score (nSPS) is 8.88. The van der Waals surface area contributed by atoms with E-state index in [0.717, 1.165) is 12.2 Å². The molecule has 0 aromatic rings. The topological polar surface area (TPSA) is 85.3 Å². The summed E-state index contributed by atoms with van der Waals surface area (Å²) in [6, 6.07) is 0. The summed E-state index contributed by atoms with van der Waals surface area (Å²) < 4.78 is 3.33. The van der Waals surface area contributed by atoms with E-state index in [2.05, 4.69) is 27.2 Å². The van der Waals surface area contributed by atoms with Gasteiger partial charge in [0.25, 0.3) is 0 Å². The molecule has 0 atom stereocenters. The SMILES string of the molecule is C=CC(=O)ON(OC(=O)C(=C)C)SN=C=O. The van der Waals surface area contributed by atoms with E-state index in [9.17, 15) is 14.4 Å². The van der Waals surface area contributed by atoms with E-state index in [0.29, 0.717) is 4.63 Å². The smallest absolute Gasteiger partial charge is 0.317 e. The van der Waals surface area contributed by atoms with Crippen molar-refractivity contribution in [1.29, 1.82) is 0 Å². The molecule has 8 heteroatoms. The molecule has 0 spiro atoms. The van der Waals surface area contributed by atoms with E-state index in [1.807, 2.05) is 0 Å². The van der Waals surface area contributed by atoms with Gasteiger partial charge >= 0.3 is 11.9 Å². The molecule has 0 saturated carbocycles. The summed E-state index contributed by atoms with van der Waals surface area (Å²) in [6.07, 6.45) is 2.00. The molecule has 0 N–H and O–H groups in total. The molecule has 0 aliphatic heterocycles. The Hall–Kier alpha value is -1.89. The van der Waals surface area contributed by atoms with Gasteiger partial charge in [0, 0.05) is 11.6 Å². The van der Waals surface area contributed by atoms with Crippen LogP contribution in [0.25, 0.3) is 0 Å². The lowest BCUT2D eigenvalue weighted by Crippen LogP contribution is -2.23. The zero-order valence-corrected chi connectivity index (χ0v) is 9.15. The Morgan fingerprint density at radius 1 is 1.50 bits per heavy atom. The van der Waals surface area contributed by atoms with Crippen molar-refractivity contribution in [3.05, 3.63) is 24.8 Å². The largest absolute Gasteiger partial charge is 0.356 e. The van der Waals surface area contributed by atoms with Crippen LogP contribution in [0, 0.1) is 0 Å². The molecule has 16 heavy (non-hydrogen) atoms. The molecule has 0 radical (unpaired) electrons. The lowest BCUT2D eigenvalue weighted by Gasteiger charge is -2.13. The third-order valence-electron chi connectivity index (χ3n) is 0.982. The summed E-state index contributed by atoms with van der Waals surface area (Å²) in [5, 5.41) is 0. The highest BCUT2D eigenvalue weighted by Crippen LogP contribution is 2.13. The number of hydrogen-bond acceptors (Lipinski definition) is 8. The number of carbonyl (C=O) groups is 2. The fraction of sp³-hybridized carbons (Fsp3) is 0.125. The van der Waals surface area contributed by atoms with E-state index in [1.165, 1.54) is 6.92 Å². The predicted molar refractivity (Wildman–Crippen MR) is 54.7 cm³/mol. The summed E-state index contributed by atoms with van der Waals surface area (Å²) in [7, 11) is 0. The Bertz CT molecular complexity index is 361. The van der Waals surface area contributed by atoms with Gasteiger partial charge in [0.05, 0.1) is 0 Å². The third-order valence-corrected chi connectivity index (χ3v) is 1.42. The van der Waals surface area contributed by atoms with Gasteiger partial charge in [-0.1, -0.05) is 13.2 Å². The summed E-state index contributed by atoms with van der Waals surface area (Å²) in [5.41, 5.74) is 0.0790. The summed E-state index contributed by atoms with van der Waals surface area (Å²) in [4.78, 5) is 40.6. The molecule has 0 heterocycles. The minimum atomic E-state index is -0.886. The first-order valence-corrected chi connectivity index (χ1v) is 4.51. The van der Waals surface area contributed by atoms with Crippen molar-refractivity contribution >= 4 is 30.2 Å². The first kappa shape index (κ1) is 14.1. The second-order valence-corrected chi connectivity index (χ2v) is 2.91. The van der Waals surface area contributed by atoms with E-state index in [-0.39, 0.29) is 17.7 Å². The van der Waals surface area contributed by atoms with Crippen molar-refractivity contribution in [3.8, 4) is 0 Å². The highest BCUT2D eigenvalue weighted by Gasteiger charge is 2.17. The van der Waals surface area contributed by atoms with Gasteiger partial charge in [0.15, 0.2) is 12.1 Å². The zero-order valence-electron chi connectivity index (χ0n) is 8.34. The standard InChI is InChI=1S/C8H8N2O5S/c1-4-7(12)14-10(16-9-5-11)15-8(13)6(2)3/h4H,1-2H2,3H3. The van der Waals surface area contributed by atoms with Crippen LogP contribution in [0.5, 0.6) is 0 Å². The van der Waals surface area contributed by atoms with Crippen LogP contribution in [0.15, 0.2) is 29.2 Å². The number of rotatable bonds is 6. The van der Waals surface area contributed by atoms with E-state index >= 15 is 0 Å². The fourth-order valence-corrected chi connectivity index (χ4v) is 0.666. The van der Waals surface area contributed by atoms with E-state index in [4.69, 9.17) is 0 Å². The van der Waals surface area contributed by atoms with Gasteiger partial charge in [0.2, 0.25) is 6.08 Å². The second-order valence-electron chi connectivity index (χ2n) is 2.26. The van der Waals surface area contributed by atoms with Crippen molar-refractivity contribution in [1.82, 2.24) is 4.63 Å². The predicted octanol–water partition coefficient (Wildman–Crippen LogP) is 0.866. The maximum absolute atomic E-state index is 11.1. The van der Waals surface area contributed by atoms with Crippen LogP contribution in [0.2, 0.25) is 0 Å².